The Hall–Kier alpha value is -4.45. The first-order chi connectivity index (χ1) is 19.8. The fourth-order valence-electron chi connectivity index (χ4n) is 6.27. The van der Waals surface area contributed by atoms with Crippen LogP contribution in [-0.4, -0.2) is 72.4 Å². The maximum Gasteiger partial charge on any atom is 0.175 e. The van der Waals surface area contributed by atoms with E-state index < -0.39 is 9.84 Å². The molecule has 1 aromatic carbocycles. The standard InChI is InChI=1S/C30H28N8O2S/c1-41(39,40)27-5-2-20(3-6-27)16-37-25-8-26(37)18-36(17-25)29-7-4-22(12-33-29)28-9-24(35-14-21(10-31)15-35)19-38-30(28)23(11-32)13-34-38/h2-7,9,12-13,19,21,25-26H,8,14-18H2,1H3. The zero-order valence-electron chi connectivity index (χ0n) is 22.6. The number of benzene rings is 1. The van der Waals surface area contributed by atoms with E-state index in [1.54, 1.807) is 22.8 Å². The fourth-order valence-corrected chi connectivity index (χ4v) is 6.90. The minimum Gasteiger partial charge on any atom is -0.367 e. The van der Waals surface area contributed by atoms with Gasteiger partial charge in [0.05, 0.1) is 46.0 Å². The number of piperidine rings is 1. The van der Waals surface area contributed by atoms with Gasteiger partial charge in [0.1, 0.15) is 11.9 Å². The van der Waals surface area contributed by atoms with Crippen LogP contribution in [0.3, 0.4) is 0 Å². The number of rotatable bonds is 6. The predicted octanol–water partition coefficient (Wildman–Crippen LogP) is 3.09. The monoisotopic (exact) mass is 564 g/mol. The molecule has 0 N–H and O–H groups in total. The van der Waals surface area contributed by atoms with E-state index in [2.05, 4.69) is 50.1 Å². The van der Waals surface area contributed by atoms with Crippen LogP contribution in [0.1, 0.15) is 17.5 Å². The molecule has 4 fully saturated rings. The number of fused-ring (bicyclic) bond motifs is 3. The molecule has 4 aliphatic rings. The van der Waals surface area contributed by atoms with Crippen molar-refractivity contribution in [3.05, 3.63) is 72.2 Å². The van der Waals surface area contributed by atoms with Crippen LogP contribution < -0.4 is 9.80 Å². The third-order valence-electron chi connectivity index (χ3n) is 8.59. The van der Waals surface area contributed by atoms with Crippen molar-refractivity contribution < 1.29 is 8.42 Å². The van der Waals surface area contributed by atoms with Crippen LogP contribution in [0.25, 0.3) is 16.6 Å². The highest BCUT2D eigenvalue weighted by atomic mass is 32.2. The first-order valence-corrected chi connectivity index (χ1v) is 15.5. The van der Waals surface area contributed by atoms with E-state index in [4.69, 9.17) is 4.98 Å². The minimum absolute atomic E-state index is 0.0366. The second-order valence-electron chi connectivity index (χ2n) is 11.2. The highest BCUT2D eigenvalue weighted by molar-refractivity contribution is 7.90. The largest absolute Gasteiger partial charge is 0.367 e. The lowest BCUT2D eigenvalue weighted by Crippen LogP contribution is -2.68. The van der Waals surface area contributed by atoms with Gasteiger partial charge in [-0.15, -0.1) is 0 Å². The first-order valence-electron chi connectivity index (χ1n) is 13.6. The van der Waals surface area contributed by atoms with Crippen molar-refractivity contribution in [1.82, 2.24) is 19.5 Å². The molecule has 0 amide bonds. The van der Waals surface area contributed by atoms with Crippen molar-refractivity contribution in [3.8, 4) is 23.3 Å². The third-order valence-corrected chi connectivity index (χ3v) is 9.72. The summed E-state index contributed by atoms with van der Waals surface area (Å²) in [6, 6.07) is 18.8. The average molecular weight is 565 g/mol. The molecule has 0 aliphatic carbocycles. The van der Waals surface area contributed by atoms with E-state index in [0.717, 1.165) is 59.8 Å². The van der Waals surface area contributed by atoms with Crippen LogP contribution in [0, 0.1) is 28.6 Å². The van der Waals surface area contributed by atoms with Gasteiger partial charge in [-0.1, -0.05) is 12.1 Å². The summed E-state index contributed by atoms with van der Waals surface area (Å²) in [5, 5.41) is 23.3. The van der Waals surface area contributed by atoms with Crippen molar-refractivity contribution >= 4 is 26.9 Å². The summed E-state index contributed by atoms with van der Waals surface area (Å²) in [4.78, 5) is 12.2. The second kappa shape index (κ2) is 9.58. The maximum atomic E-state index is 11.8. The topological polar surface area (TPSA) is 122 Å². The van der Waals surface area contributed by atoms with Crippen molar-refractivity contribution in [2.24, 2.45) is 5.92 Å². The number of sulfone groups is 1. The quantitative estimate of drug-likeness (QED) is 0.348. The summed E-state index contributed by atoms with van der Waals surface area (Å²) in [5.74, 6) is 0.968. The Morgan fingerprint density at radius 2 is 1.73 bits per heavy atom. The number of pyridine rings is 2. The van der Waals surface area contributed by atoms with Crippen LogP contribution in [0.5, 0.6) is 0 Å². The van der Waals surface area contributed by atoms with Gasteiger partial charge in [0.2, 0.25) is 0 Å². The van der Waals surface area contributed by atoms with Crippen molar-refractivity contribution in [3.63, 3.8) is 0 Å². The summed E-state index contributed by atoms with van der Waals surface area (Å²) in [5.41, 5.74) is 5.16. The van der Waals surface area contributed by atoms with Crippen LogP contribution in [-0.2, 0) is 16.4 Å². The lowest BCUT2D eigenvalue weighted by Gasteiger charge is -2.56. The molecule has 11 heteroatoms. The molecule has 2 bridgehead atoms. The van der Waals surface area contributed by atoms with Gasteiger partial charge in [0, 0.05) is 68.4 Å². The molecular weight excluding hydrogens is 536 g/mol. The number of aromatic nitrogens is 3. The number of nitrogens with zero attached hydrogens (tertiary/aromatic N) is 8. The van der Waals surface area contributed by atoms with Crippen molar-refractivity contribution in [2.75, 3.05) is 42.2 Å². The van der Waals surface area contributed by atoms with E-state index >= 15 is 0 Å². The fraction of sp³-hybridized carbons (Fsp3) is 0.333. The van der Waals surface area contributed by atoms with Crippen LogP contribution >= 0.6 is 0 Å². The molecule has 4 aromatic rings. The predicted molar refractivity (Wildman–Crippen MR) is 154 cm³/mol. The Morgan fingerprint density at radius 3 is 2.37 bits per heavy atom. The molecule has 0 saturated carbocycles. The number of nitriles is 2. The zero-order valence-corrected chi connectivity index (χ0v) is 23.4. The Kier molecular flexibility index (Phi) is 5.96. The maximum absolute atomic E-state index is 11.8. The average Bonchev–Trinajstić information content (AvgIpc) is 3.38. The molecule has 0 radical (unpaired) electrons. The third kappa shape index (κ3) is 4.48. The smallest absolute Gasteiger partial charge is 0.175 e. The van der Waals surface area contributed by atoms with Crippen LogP contribution in [0.2, 0.25) is 0 Å². The van der Waals surface area contributed by atoms with Gasteiger partial charge in [0.25, 0.3) is 0 Å². The van der Waals surface area contributed by atoms with E-state index in [0.29, 0.717) is 35.6 Å². The van der Waals surface area contributed by atoms with Gasteiger partial charge in [-0.3, -0.25) is 4.90 Å². The van der Waals surface area contributed by atoms with Crippen molar-refractivity contribution in [2.45, 2.75) is 29.9 Å². The Bertz CT molecular complexity index is 1820. The minimum atomic E-state index is -3.19. The molecule has 4 aliphatic heterocycles. The van der Waals surface area contributed by atoms with Gasteiger partial charge in [0.15, 0.2) is 9.84 Å². The number of anilines is 2. The lowest BCUT2D eigenvalue weighted by atomic mass is 9.86. The Balaban J connectivity index is 1.08. The van der Waals surface area contributed by atoms with Crippen molar-refractivity contribution in [1.29, 1.82) is 10.5 Å². The van der Waals surface area contributed by atoms with E-state index in [1.165, 1.54) is 6.26 Å². The van der Waals surface area contributed by atoms with E-state index in [1.807, 2.05) is 24.5 Å². The number of hydrogen-bond acceptors (Lipinski definition) is 9. The zero-order chi connectivity index (χ0) is 28.3. The number of hydrogen-bond donors (Lipinski definition) is 0. The molecule has 3 aromatic heterocycles. The molecule has 2 unspecified atom stereocenters. The lowest BCUT2D eigenvalue weighted by molar-refractivity contribution is -0.00869. The molecule has 10 nitrogen and oxygen atoms in total. The van der Waals surface area contributed by atoms with Gasteiger partial charge in [-0.25, -0.2) is 17.9 Å². The highest BCUT2D eigenvalue weighted by Crippen LogP contribution is 2.37. The summed E-state index contributed by atoms with van der Waals surface area (Å²) in [6.07, 6.45) is 7.76. The van der Waals surface area contributed by atoms with E-state index in [9.17, 15) is 18.9 Å². The molecule has 2 atom stereocenters. The van der Waals surface area contributed by atoms with Gasteiger partial charge in [-0.05, 0) is 42.3 Å². The normalized spacial score (nSPS) is 20.8. The SMILES string of the molecule is CS(=O)(=O)c1ccc(CN2C3CC2CN(c2ccc(-c4cc(N5CC(C#N)C5)cn5ncc(C#N)c45)cn2)C3)cc1. The highest BCUT2D eigenvalue weighted by Gasteiger charge is 2.44. The molecule has 0 spiro atoms. The molecule has 7 heterocycles. The second-order valence-corrected chi connectivity index (χ2v) is 13.3. The molecular formula is C30H28N8O2S. The van der Waals surface area contributed by atoms with Gasteiger partial charge < -0.3 is 9.80 Å². The van der Waals surface area contributed by atoms with Crippen LogP contribution in [0.4, 0.5) is 11.5 Å². The summed E-state index contributed by atoms with van der Waals surface area (Å²) >= 11 is 0. The van der Waals surface area contributed by atoms with Crippen LogP contribution in [0.15, 0.2) is 66.0 Å². The summed E-state index contributed by atoms with van der Waals surface area (Å²) < 4.78 is 25.3. The Morgan fingerprint density at radius 1 is 0.976 bits per heavy atom. The number of piperazine rings is 1. The Labute approximate surface area is 238 Å². The molecule has 4 saturated heterocycles. The first kappa shape index (κ1) is 25.5. The van der Waals surface area contributed by atoms with Gasteiger partial charge in [-0.2, -0.15) is 15.6 Å². The summed E-state index contributed by atoms with van der Waals surface area (Å²) in [7, 11) is -3.19. The molecule has 206 valence electrons. The van der Waals surface area contributed by atoms with E-state index in [-0.39, 0.29) is 5.92 Å². The molecule has 8 rings (SSSR count). The van der Waals surface area contributed by atoms with Gasteiger partial charge >= 0.3 is 0 Å². The summed E-state index contributed by atoms with van der Waals surface area (Å²) in [6.45, 7) is 3.96. The molecule has 41 heavy (non-hydrogen) atoms.